The minimum atomic E-state index is -0.497. The summed E-state index contributed by atoms with van der Waals surface area (Å²) in [6.45, 7) is 9.70. The number of amides is 2. The maximum atomic E-state index is 11.9. The molecule has 0 aliphatic carbocycles. The van der Waals surface area contributed by atoms with Crippen LogP contribution in [0.5, 0.6) is 0 Å². The molecule has 21 heavy (non-hydrogen) atoms. The van der Waals surface area contributed by atoms with Crippen LogP contribution in [0, 0.1) is 11.8 Å². The Labute approximate surface area is 127 Å². The lowest BCUT2D eigenvalue weighted by molar-refractivity contribution is -0.137. The molecule has 122 valence electrons. The summed E-state index contributed by atoms with van der Waals surface area (Å²) in [4.78, 5) is 25.4. The van der Waals surface area contributed by atoms with Gasteiger partial charge in [-0.3, -0.25) is 4.79 Å². The molecular weight excluding hydrogens is 272 g/mol. The molecule has 2 atom stereocenters. The summed E-state index contributed by atoms with van der Waals surface area (Å²) in [6.07, 6.45) is 0.533. The number of carbonyl (C=O) groups excluding carboxylic acids is 2. The molecule has 6 nitrogen and oxygen atoms in total. The van der Waals surface area contributed by atoms with Gasteiger partial charge in [-0.25, -0.2) is 4.79 Å². The predicted molar refractivity (Wildman–Crippen MR) is 80.0 cm³/mol. The second kappa shape index (κ2) is 7.64. The molecule has 1 aliphatic heterocycles. The van der Waals surface area contributed by atoms with E-state index in [4.69, 9.17) is 9.47 Å². The van der Waals surface area contributed by atoms with Gasteiger partial charge < -0.3 is 19.7 Å². The quantitative estimate of drug-likeness (QED) is 0.857. The number of alkyl carbamates (subject to hydrolysis) is 1. The highest BCUT2D eigenvalue weighted by atomic mass is 16.6. The second-order valence-electron chi connectivity index (χ2n) is 6.68. The summed E-state index contributed by atoms with van der Waals surface area (Å²) >= 11 is 0. The van der Waals surface area contributed by atoms with Crippen LogP contribution in [0.1, 0.15) is 34.1 Å². The topological polar surface area (TPSA) is 67.9 Å². The SMILES string of the molecule is COCC(=O)N1CCC(C)C(CNC(=O)OC(C)(C)C)C1. The molecule has 0 spiro atoms. The van der Waals surface area contributed by atoms with Gasteiger partial charge in [-0.2, -0.15) is 0 Å². The van der Waals surface area contributed by atoms with E-state index in [-0.39, 0.29) is 18.4 Å². The van der Waals surface area contributed by atoms with Crippen molar-refractivity contribution in [3.05, 3.63) is 0 Å². The molecule has 2 unspecified atom stereocenters. The van der Waals surface area contributed by atoms with Gasteiger partial charge in [0.2, 0.25) is 5.91 Å². The van der Waals surface area contributed by atoms with Crippen LogP contribution in [-0.4, -0.2) is 55.9 Å². The minimum absolute atomic E-state index is 0.00617. The summed E-state index contributed by atoms with van der Waals surface area (Å²) in [5.74, 6) is 0.713. The Morgan fingerprint density at radius 1 is 1.33 bits per heavy atom. The van der Waals surface area contributed by atoms with Gasteiger partial charge in [0.25, 0.3) is 0 Å². The number of ether oxygens (including phenoxy) is 2. The van der Waals surface area contributed by atoms with Crippen LogP contribution < -0.4 is 5.32 Å². The maximum Gasteiger partial charge on any atom is 0.407 e. The molecular formula is C15H28N2O4. The first-order valence-corrected chi connectivity index (χ1v) is 7.46. The monoisotopic (exact) mass is 300 g/mol. The van der Waals surface area contributed by atoms with E-state index in [1.165, 1.54) is 7.11 Å². The first kappa shape index (κ1) is 17.8. The highest BCUT2D eigenvalue weighted by Crippen LogP contribution is 2.22. The highest BCUT2D eigenvalue weighted by Gasteiger charge is 2.29. The van der Waals surface area contributed by atoms with Gasteiger partial charge in [0.1, 0.15) is 12.2 Å². The zero-order chi connectivity index (χ0) is 16.0. The number of carbonyl (C=O) groups is 2. The third-order valence-electron chi connectivity index (χ3n) is 3.64. The van der Waals surface area contributed by atoms with Gasteiger partial charge in [0, 0.05) is 26.7 Å². The molecule has 1 N–H and O–H groups in total. The molecule has 0 saturated carbocycles. The van der Waals surface area contributed by atoms with E-state index in [1.54, 1.807) is 0 Å². The van der Waals surface area contributed by atoms with Gasteiger partial charge in [-0.05, 0) is 39.0 Å². The Hall–Kier alpha value is -1.30. The summed E-state index contributed by atoms with van der Waals surface area (Å²) in [7, 11) is 1.52. The average Bonchev–Trinajstić information content (AvgIpc) is 2.36. The van der Waals surface area contributed by atoms with Crippen molar-refractivity contribution in [1.29, 1.82) is 0 Å². The van der Waals surface area contributed by atoms with Gasteiger partial charge in [-0.15, -0.1) is 0 Å². The third-order valence-corrected chi connectivity index (χ3v) is 3.64. The molecule has 6 heteroatoms. The van der Waals surface area contributed by atoms with Crippen LogP contribution in [0.3, 0.4) is 0 Å². The number of nitrogens with one attached hydrogen (secondary N) is 1. The van der Waals surface area contributed by atoms with E-state index in [0.717, 1.165) is 13.0 Å². The Bertz CT molecular complexity index is 365. The Balaban J connectivity index is 2.45. The van der Waals surface area contributed by atoms with E-state index in [0.29, 0.717) is 19.0 Å². The first-order chi connectivity index (χ1) is 9.73. The van der Waals surface area contributed by atoms with Crippen LogP contribution in [0.4, 0.5) is 4.79 Å². The van der Waals surface area contributed by atoms with Gasteiger partial charge >= 0.3 is 6.09 Å². The van der Waals surface area contributed by atoms with Crippen molar-refractivity contribution in [2.24, 2.45) is 11.8 Å². The van der Waals surface area contributed by atoms with E-state index in [9.17, 15) is 9.59 Å². The van der Waals surface area contributed by atoms with Crippen molar-refractivity contribution in [1.82, 2.24) is 10.2 Å². The lowest BCUT2D eigenvalue weighted by Crippen LogP contribution is -2.48. The normalized spacial score (nSPS) is 22.8. The standard InChI is InChI=1S/C15H28N2O4/c1-11-6-7-17(13(18)10-20-5)9-12(11)8-16-14(19)21-15(2,3)4/h11-12H,6-10H2,1-5H3,(H,16,19). The van der Waals surface area contributed by atoms with E-state index in [1.807, 2.05) is 25.7 Å². The van der Waals surface area contributed by atoms with Gasteiger partial charge in [0.05, 0.1) is 0 Å². The van der Waals surface area contributed by atoms with Crippen LogP contribution in [0.2, 0.25) is 0 Å². The summed E-state index contributed by atoms with van der Waals surface area (Å²) < 4.78 is 10.1. The smallest absolute Gasteiger partial charge is 0.407 e. The molecule has 0 aromatic rings. The number of piperidine rings is 1. The lowest BCUT2D eigenvalue weighted by atomic mass is 9.87. The highest BCUT2D eigenvalue weighted by molar-refractivity contribution is 5.77. The average molecular weight is 300 g/mol. The van der Waals surface area contributed by atoms with Crippen molar-refractivity contribution in [2.75, 3.05) is 33.4 Å². The van der Waals surface area contributed by atoms with Crippen molar-refractivity contribution in [3.8, 4) is 0 Å². The van der Waals surface area contributed by atoms with Crippen molar-refractivity contribution in [2.45, 2.75) is 39.7 Å². The zero-order valence-electron chi connectivity index (χ0n) is 13.8. The summed E-state index contributed by atoms with van der Waals surface area (Å²) in [5.41, 5.74) is -0.497. The number of methoxy groups -OCH3 is 1. The first-order valence-electron chi connectivity index (χ1n) is 7.46. The molecule has 0 bridgehead atoms. The molecule has 1 rings (SSSR count). The fourth-order valence-electron chi connectivity index (χ4n) is 2.39. The van der Waals surface area contributed by atoms with Crippen LogP contribution in [-0.2, 0) is 14.3 Å². The van der Waals surface area contributed by atoms with Gasteiger partial charge in [0.15, 0.2) is 0 Å². The zero-order valence-corrected chi connectivity index (χ0v) is 13.8. The maximum absolute atomic E-state index is 11.9. The molecule has 1 fully saturated rings. The number of likely N-dealkylation sites (tertiary alicyclic amines) is 1. The summed E-state index contributed by atoms with van der Waals surface area (Å²) in [5, 5.41) is 2.80. The molecule has 0 radical (unpaired) electrons. The molecule has 1 heterocycles. The molecule has 2 amide bonds. The second-order valence-corrected chi connectivity index (χ2v) is 6.68. The molecule has 0 aromatic heterocycles. The minimum Gasteiger partial charge on any atom is -0.444 e. The largest absolute Gasteiger partial charge is 0.444 e. The Kier molecular flexibility index (Phi) is 6.45. The molecule has 1 saturated heterocycles. The molecule has 0 aromatic carbocycles. The Morgan fingerprint density at radius 3 is 2.57 bits per heavy atom. The molecule has 1 aliphatic rings. The third kappa shape index (κ3) is 6.33. The van der Waals surface area contributed by atoms with E-state index >= 15 is 0 Å². The number of hydrogen-bond donors (Lipinski definition) is 1. The predicted octanol–water partition coefficient (Wildman–Crippen LogP) is 1.64. The fraction of sp³-hybridized carbons (Fsp3) is 0.867. The van der Waals surface area contributed by atoms with Crippen molar-refractivity contribution < 1.29 is 19.1 Å². The number of rotatable bonds is 4. The fourth-order valence-corrected chi connectivity index (χ4v) is 2.39. The van der Waals surface area contributed by atoms with Crippen molar-refractivity contribution >= 4 is 12.0 Å². The van der Waals surface area contributed by atoms with Gasteiger partial charge in [-0.1, -0.05) is 6.92 Å². The van der Waals surface area contributed by atoms with E-state index < -0.39 is 11.7 Å². The number of hydrogen-bond acceptors (Lipinski definition) is 4. The van der Waals surface area contributed by atoms with Crippen molar-refractivity contribution in [3.63, 3.8) is 0 Å². The van der Waals surface area contributed by atoms with Crippen LogP contribution in [0.25, 0.3) is 0 Å². The van der Waals surface area contributed by atoms with Crippen LogP contribution in [0.15, 0.2) is 0 Å². The van der Waals surface area contributed by atoms with Crippen LogP contribution >= 0.6 is 0 Å². The van der Waals surface area contributed by atoms with E-state index in [2.05, 4.69) is 12.2 Å². The lowest BCUT2D eigenvalue weighted by Gasteiger charge is -2.37. The summed E-state index contributed by atoms with van der Waals surface area (Å²) in [6, 6.07) is 0. The number of nitrogens with zero attached hydrogens (tertiary/aromatic N) is 1. The Morgan fingerprint density at radius 2 is 2.00 bits per heavy atom.